The Morgan fingerprint density at radius 3 is 2.73 bits per heavy atom. The first kappa shape index (κ1) is 19.7. The van der Waals surface area contributed by atoms with E-state index in [4.69, 9.17) is 14.9 Å². The molecule has 0 radical (unpaired) electrons. The van der Waals surface area contributed by atoms with Gasteiger partial charge in [-0.3, -0.25) is 14.5 Å². The van der Waals surface area contributed by atoms with Gasteiger partial charge in [0.05, 0.1) is 18.9 Å². The van der Waals surface area contributed by atoms with Gasteiger partial charge in [-0.15, -0.1) is 0 Å². The van der Waals surface area contributed by atoms with Crippen molar-refractivity contribution in [3.05, 3.63) is 29.3 Å². The molecular formula is C24H30N2O4. The molecule has 3 aliphatic carbocycles. The highest BCUT2D eigenvalue weighted by atomic mass is 16.6. The van der Waals surface area contributed by atoms with Crippen LogP contribution in [0.2, 0.25) is 0 Å². The summed E-state index contributed by atoms with van der Waals surface area (Å²) in [5.74, 6) is 1.38. The molecule has 1 aliphatic heterocycles. The fourth-order valence-electron chi connectivity index (χ4n) is 6.62. The number of benzene rings is 1. The van der Waals surface area contributed by atoms with E-state index in [1.165, 1.54) is 19.8 Å². The zero-order valence-corrected chi connectivity index (χ0v) is 18.0. The van der Waals surface area contributed by atoms with Crippen LogP contribution in [0.3, 0.4) is 0 Å². The average molecular weight is 411 g/mol. The van der Waals surface area contributed by atoms with Gasteiger partial charge in [-0.25, -0.2) is 0 Å². The number of nitrogens with one attached hydrogen (secondary N) is 1. The molecule has 30 heavy (non-hydrogen) atoms. The molecule has 4 fully saturated rings. The number of aryl methyl sites for hydroxylation is 1. The average Bonchev–Trinajstić information content (AvgIpc) is 3.45. The Hall–Kier alpha value is -2.21. The van der Waals surface area contributed by atoms with Gasteiger partial charge in [0.1, 0.15) is 11.4 Å². The number of esters is 1. The normalized spacial score (nSPS) is 35.4. The lowest BCUT2D eigenvalue weighted by Crippen LogP contribution is -2.70. The molecule has 6 heteroatoms. The summed E-state index contributed by atoms with van der Waals surface area (Å²) in [5, 5.41) is 8.41. The molecule has 0 amide bonds. The number of carbonyl (C=O) groups excluding carboxylic acids is 2. The maximum Gasteiger partial charge on any atom is 0.303 e. The molecule has 1 saturated heterocycles. The summed E-state index contributed by atoms with van der Waals surface area (Å²) in [5.41, 5.74) is 0.699. The van der Waals surface area contributed by atoms with E-state index in [1.807, 2.05) is 18.2 Å². The number of rotatable bonds is 5. The van der Waals surface area contributed by atoms with E-state index in [1.54, 1.807) is 7.11 Å². The standard InChI is InChI=1S/C24H30N2O4/c1-14-4-7-18(29-3)8-19(14)23-9-17-13-26(12-16-5-6-16)22(17)24(23,30-15(2)27)10-20(25)21(28)11-23/h4,7-8,16-17,22,25H,5-6,9-13H2,1-3H3. The second kappa shape index (κ2) is 6.64. The predicted octanol–water partition coefficient (Wildman–Crippen LogP) is 3.04. The molecule has 5 rings (SSSR count). The molecule has 0 spiro atoms. The van der Waals surface area contributed by atoms with Gasteiger partial charge in [0.2, 0.25) is 0 Å². The van der Waals surface area contributed by atoms with E-state index in [2.05, 4.69) is 11.8 Å². The van der Waals surface area contributed by atoms with Crippen LogP contribution in [0.4, 0.5) is 0 Å². The minimum atomic E-state index is -0.876. The van der Waals surface area contributed by atoms with E-state index >= 15 is 0 Å². The van der Waals surface area contributed by atoms with Crippen molar-refractivity contribution in [3.8, 4) is 5.75 Å². The lowest BCUT2D eigenvalue weighted by molar-refractivity contribution is -0.182. The maximum atomic E-state index is 12.9. The zero-order valence-electron chi connectivity index (χ0n) is 18.0. The number of likely N-dealkylation sites (tertiary alicyclic amines) is 1. The van der Waals surface area contributed by atoms with Crippen LogP contribution < -0.4 is 4.74 Å². The first-order valence-corrected chi connectivity index (χ1v) is 11.0. The maximum absolute atomic E-state index is 12.9. The Morgan fingerprint density at radius 1 is 1.30 bits per heavy atom. The van der Waals surface area contributed by atoms with Gasteiger partial charge in [-0.1, -0.05) is 6.07 Å². The fourth-order valence-corrected chi connectivity index (χ4v) is 6.62. The fraction of sp³-hybridized carbons (Fsp3) is 0.625. The highest BCUT2D eigenvalue weighted by Gasteiger charge is 2.74. The molecule has 160 valence electrons. The van der Waals surface area contributed by atoms with Gasteiger partial charge in [0.15, 0.2) is 5.78 Å². The van der Waals surface area contributed by atoms with Crippen LogP contribution in [0.5, 0.6) is 5.75 Å². The van der Waals surface area contributed by atoms with E-state index in [-0.39, 0.29) is 36.3 Å². The van der Waals surface area contributed by atoms with Crippen molar-refractivity contribution in [1.29, 1.82) is 5.41 Å². The van der Waals surface area contributed by atoms with Gasteiger partial charge in [-0.05, 0) is 61.3 Å². The van der Waals surface area contributed by atoms with E-state index in [0.29, 0.717) is 5.92 Å². The molecule has 1 aromatic carbocycles. The number of hydrogen-bond acceptors (Lipinski definition) is 6. The smallest absolute Gasteiger partial charge is 0.303 e. The van der Waals surface area contributed by atoms with Crippen LogP contribution in [-0.2, 0) is 19.7 Å². The Morgan fingerprint density at radius 2 is 2.07 bits per heavy atom. The van der Waals surface area contributed by atoms with Gasteiger partial charge in [0, 0.05) is 38.3 Å². The van der Waals surface area contributed by atoms with Crippen molar-refractivity contribution < 1.29 is 19.1 Å². The third kappa shape index (κ3) is 2.69. The number of nitrogens with zero attached hydrogens (tertiary/aromatic N) is 1. The summed E-state index contributed by atoms with van der Waals surface area (Å²) < 4.78 is 11.8. The predicted molar refractivity (Wildman–Crippen MR) is 112 cm³/mol. The summed E-state index contributed by atoms with van der Waals surface area (Å²) in [7, 11) is 1.64. The molecule has 1 heterocycles. The number of ether oxygens (including phenoxy) is 2. The van der Waals surface area contributed by atoms with Crippen LogP contribution in [0, 0.1) is 24.2 Å². The van der Waals surface area contributed by atoms with Crippen LogP contribution >= 0.6 is 0 Å². The SMILES string of the molecule is COc1ccc(C)c(C23CC(=O)C(=N)CC2(OC(C)=O)C2C(CN2CC2CC2)C3)c1. The monoisotopic (exact) mass is 410 g/mol. The highest BCUT2D eigenvalue weighted by molar-refractivity contribution is 6.40. The molecule has 4 atom stereocenters. The molecule has 6 nitrogen and oxygen atoms in total. The Labute approximate surface area is 177 Å². The van der Waals surface area contributed by atoms with E-state index in [9.17, 15) is 9.59 Å². The van der Waals surface area contributed by atoms with Crippen molar-refractivity contribution >= 4 is 17.5 Å². The topological polar surface area (TPSA) is 79.7 Å². The number of hydrogen-bond donors (Lipinski definition) is 1. The summed E-state index contributed by atoms with van der Waals surface area (Å²) in [6.07, 6.45) is 3.76. The van der Waals surface area contributed by atoms with Crippen LogP contribution in [0.15, 0.2) is 18.2 Å². The van der Waals surface area contributed by atoms with Gasteiger partial charge in [0.25, 0.3) is 0 Å². The summed E-state index contributed by atoms with van der Waals surface area (Å²) >= 11 is 0. The number of methoxy groups -OCH3 is 1. The Balaban J connectivity index is 1.68. The third-order valence-corrected chi connectivity index (χ3v) is 7.92. The molecule has 3 saturated carbocycles. The van der Waals surface area contributed by atoms with Crippen LogP contribution in [0.1, 0.15) is 50.2 Å². The lowest BCUT2D eigenvalue weighted by Gasteiger charge is -2.56. The van der Waals surface area contributed by atoms with Gasteiger partial charge >= 0.3 is 5.97 Å². The summed E-state index contributed by atoms with van der Waals surface area (Å²) in [6, 6.07) is 6.04. The Bertz CT molecular complexity index is 939. The molecule has 0 aromatic heterocycles. The summed E-state index contributed by atoms with van der Waals surface area (Å²) in [6.45, 7) is 5.51. The first-order valence-electron chi connectivity index (χ1n) is 11.0. The Kier molecular flexibility index (Phi) is 4.37. The van der Waals surface area contributed by atoms with Crippen LogP contribution in [0.25, 0.3) is 0 Å². The van der Waals surface area contributed by atoms with Crippen molar-refractivity contribution in [2.75, 3.05) is 20.2 Å². The minimum Gasteiger partial charge on any atom is -0.497 e. The van der Waals surface area contributed by atoms with E-state index in [0.717, 1.165) is 42.3 Å². The number of Topliss-reactive ketones (excluding diaryl/α,β-unsaturated/α-hetero) is 1. The first-order chi connectivity index (χ1) is 14.3. The van der Waals surface area contributed by atoms with E-state index < -0.39 is 11.0 Å². The number of fused-ring (bicyclic) bond motifs is 3. The molecule has 4 aliphatic rings. The summed E-state index contributed by atoms with van der Waals surface area (Å²) in [4.78, 5) is 27.8. The van der Waals surface area contributed by atoms with Crippen molar-refractivity contribution in [2.45, 2.75) is 63.0 Å². The minimum absolute atomic E-state index is 0.0704. The number of carbonyl (C=O) groups is 2. The quantitative estimate of drug-likeness (QED) is 0.755. The third-order valence-electron chi connectivity index (χ3n) is 7.92. The van der Waals surface area contributed by atoms with Gasteiger partial charge < -0.3 is 14.9 Å². The van der Waals surface area contributed by atoms with Crippen molar-refractivity contribution in [2.24, 2.45) is 11.8 Å². The lowest BCUT2D eigenvalue weighted by atomic mass is 9.58. The molecule has 0 bridgehead atoms. The number of ketones is 1. The molecule has 4 unspecified atom stereocenters. The van der Waals surface area contributed by atoms with Gasteiger partial charge in [-0.2, -0.15) is 0 Å². The van der Waals surface area contributed by atoms with Crippen LogP contribution in [-0.4, -0.2) is 54.2 Å². The largest absolute Gasteiger partial charge is 0.497 e. The molecule has 1 aromatic rings. The zero-order chi connectivity index (χ0) is 21.3. The molecule has 1 N–H and O–H groups in total. The molecular weight excluding hydrogens is 380 g/mol. The second-order valence-corrected chi connectivity index (χ2v) is 9.81. The van der Waals surface area contributed by atoms with Crippen molar-refractivity contribution in [1.82, 2.24) is 4.90 Å². The van der Waals surface area contributed by atoms with Crippen molar-refractivity contribution in [3.63, 3.8) is 0 Å². The second-order valence-electron chi connectivity index (χ2n) is 9.81. The highest BCUT2D eigenvalue weighted by Crippen LogP contribution is 2.64.